The average molecular weight is 389 g/mol. The van der Waals surface area contributed by atoms with Gasteiger partial charge in [-0.3, -0.25) is 0 Å². The van der Waals surface area contributed by atoms with Crippen molar-refractivity contribution in [3.8, 4) is 0 Å². The van der Waals surface area contributed by atoms with Gasteiger partial charge in [-0.15, -0.1) is 0 Å². The molecule has 2 aliphatic rings. The maximum atomic E-state index is 12.4. The van der Waals surface area contributed by atoms with Crippen LogP contribution in [-0.2, 0) is 7.05 Å². The molecule has 0 unspecified atom stereocenters. The lowest BCUT2D eigenvalue weighted by Gasteiger charge is -2.43. The van der Waals surface area contributed by atoms with E-state index >= 15 is 0 Å². The molecule has 0 radical (unpaired) electrons. The summed E-state index contributed by atoms with van der Waals surface area (Å²) in [7, 11) is 1.94. The van der Waals surface area contributed by atoms with Crippen molar-refractivity contribution >= 4 is 6.03 Å². The van der Waals surface area contributed by atoms with Gasteiger partial charge in [0.15, 0.2) is 0 Å². The summed E-state index contributed by atoms with van der Waals surface area (Å²) in [6.07, 6.45) is 14.9. The van der Waals surface area contributed by atoms with E-state index in [-0.39, 0.29) is 30.0 Å². The van der Waals surface area contributed by atoms with E-state index < -0.39 is 0 Å². The molecule has 2 heterocycles. The third-order valence-corrected chi connectivity index (χ3v) is 5.00. The molecule has 1 aliphatic carbocycles. The first kappa shape index (κ1) is 15.8. The summed E-state index contributed by atoms with van der Waals surface area (Å²) in [5.41, 5.74) is 0.566. The van der Waals surface area contributed by atoms with Crippen molar-refractivity contribution in [3.63, 3.8) is 0 Å². The minimum atomic E-state index is 0. The van der Waals surface area contributed by atoms with Gasteiger partial charge >= 0.3 is 6.03 Å². The molecule has 20 heavy (non-hydrogen) atoms. The fourth-order valence-electron chi connectivity index (χ4n) is 3.70. The van der Waals surface area contributed by atoms with E-state index in [2.05, 4.69) is 0 Å². The minimum Gasteiger partial charge on any atom is -1.00 e. The molecule has 2 fully saturated rings. The highest BCUT2D eigenvalue weighted by atomic mass is 127. The molecule has 5 heteroatoms. The minimum absolute atomic E-state index is 0. The number of likely N-dealkylation sites (tertiary alicyclic amines) is 1. The van der Waals surface area contributed by atoms with Gasteiger partial charge in [0, 0.05) is 13.1 Å². The van der Waals surface area contributed by atoms with Crippen molar-refractivity contribution in [2.75, 3.05) is 13.1 Å². The third kappa shape index (κ3) is 3.18. The maximum Gasteiger partial charge on any atom is 0.415 e. The maximum absolute atomic E-state index is 12.4. The topological polar surface area (TPSA) is 29.1 Å². The van der Waals surface area contributed by atoms with Crippen molar-refractivity contribution in [1.29, 1.82) is 0 Å². The number of piperidine rings is 1. The van der Waals surface area contributed by atoms with E-state index in [4.69, 9.17) is 0 Å². The van der Waals surface area contributed by atoms with Crippen LogP contribution in [0.4, 0.5) is 4.79 Å². The lowest BCUT2D eigenvalue weighted by molar-refractivity contribution is -0.670. The van der Waals surface area contributed by atoms with Crippen LogP contribution in [0.1, 0.15) is 44.9 Å². The van der Waals surface area contributed by atoms with Gasteiger partial charge in [0.1, 0.15) is 12.4 Å². The molecule has 1 saturated heterocycles. The number of aromatic nitrogens is 2. The Balaban J connectivity index is 0.00000147. The lowest BCUT2D eigenvalue weighted by atomic mass is 9.68. The number of halogens is 1. The highest BCUT2D eigenvalue weighted by molar-refractivity contribution is 5.76. The van der Waals surface area contributed by atoms with Crippen LogP contribution in [0.2, 0.25) is 0 Å². The van der Waals surface area contributed by atoms with Crippen LogP contribution in [0.5, 0.6) is 0 Å². The largest absolute Gasteiger partial charge is 1.00 e. The Morgan fingerprint density at radius 3 is 2.30 bits per heavy atom. The van der Waals surface area contributed by atoms with Crippen LogP contribution in [0.3, 0.4) is 0 Å². The third-order valence-electron chi connectivity index (χ3n) is 5.00. The Hall–Kier alpha value is -0.590. The summed E-state index contributed by atoms with van der Waals surface area (Å²) in [6, 6.07) is 0.131. The first-order valence-corrected chi connectivity index (χ1v) is 7.51. The average Bonchev–Trinajstić information content (AvgIpc) is 2.87. The number of nitrogens with zero attached hydrogens (tertiary/aromatic N) is 3. The second-order valence-corrected chi connectivity index (χ2v) is 6.32. The SMILES string of the molecule is C[n+]1ccn(C(=O)N2CCC3(CCCCC3)CC2)c1.[I-]. The van der Waals surface area contributed by atoms with E-state index in [1.165, 1.54) is 44.9 Å². The molecule has 1 aromatic rings. The molecule has 4 nitrogen and oxygen atoms in total. The molecule has 112 valence electrons. The van der Waals surface area contributed by atoms with Gasteiger partial charge in [0.05, 0.1) is 7.05 Å². The van der Waals surface area contributed by atoms with Crippen molar-refractivity contribution < 1.29 is 33.3 Å². The Morgan fingerprint density at radius 1 is 1.10 bits per heavy atom. The van der Waals surface area contributed by atoms with Crippen LogP contribution >= 0.6 is 0 Å². The van der Waals surface area contributed by atoms with Crippen molar-refractivity contribution in [2.24, 2.45) is 12.5 Å². The number of aryl methyl sites for hydroxylation is 1. The quantitative estimate of drug-likeness (QED) is 0.428. The number of rotatable bonds is 0. The molecule has 0 N–H and O–H groups in total. The molecule has 3 rings (SSSR count). The van der Waals surface area contributed by atoms with Gasteiger partial charge in [-0.1, -0.05) is 19.3 Å². The summed E-state index contributed by atoms with van der Waals surface area (Å²) in [4.78, 5) is 14.4. The van der Waals surface area contributed by atoms with Crippen LogP contribution in [0.25, 0.3) is 0 Å². The van der Waals surface area contributed by atoms with Gasteiger partial charge in [0.2, 0.25) is 0 Å². The van der Waals surface area contributed by atoms with Gasteiger partial charge in [-0.05, 0) is 31.1 Å². The smallest absolute Gasteiger partial charge is 0.415 e. The number of carbonyl (C=O) groups is 1. The van der Waals surface area contributed by atoms with E-state index in [1.807, 2.05) is 35.2 Å². The molecule has 0 atom stereocenters. The second-order valence-electron chi connectivity index (χ2n) is 6.32. The van der Waals surface area contributed by atoms with Gasteiger partial charge in [-0.25, -0.2) is 9.36 Å². The van der Waals surface area contributed by atoms with Crippen molar-refractivity contribution in [1.82, 2.24) is 9.47 Å². The van der Waals surface area contributed by atoms with Gasteiger partial charge in [-0.2, -0.15) is 4.57 Å². The zero-order valence-electron chi connectivity index (χ0n) is 12.2. The molecular formula is C15H24IN3O. The molecular weight excluding hydrogens is 365 g/mol. The lowest BCUT2D eigenvalue weighted by Crippen LogP contribution is -3.00. The second kappa shape index (κ2) is 6.45. The molecule has 1 amide bonds. The molecule has 0 bridgehead atoms. The summed E-state index contributed by atoms with van der Waals surface area (Å²) < 4.78 is 3.60. The fourth-order valence-corrected chi connectivity index (χ4v) is 3.70. The van der Waals surface area contributed by atoms with Crippen LogP contribution in [0, 0.1) is 5.41 Å². The highest BCUT2D eigenvalue weighted by Gasteiger charge is 2.37. The zero-order valence-corrected chi connectivity index (χ0v) is 14.4. The fraction of sp³-hybridized carbons (Fsp3) is 0.733. The first-order valence-electron chi connectivity index (χ1n) is 7.51. The van der Waals surface area contributed by atoms with E-state index in [0.29, 0.717) is 5.41 Å². The number of amides is 1. The normalized spacial score (nSPS) is 21.6. The van der Waals surface area contributed by atoms with Crippen LogP contribution < -0.4 is 28.5 Å². The molecule has 0 aromatic carbocycles. The molecule has 1 spiro atoms. The van der Waals surface area contributed by atoms with E-state index in [9.17, 15) is 4.79 Å². The predicted octanol–water partition coefficient (Wildman–Crippen LogP) is -0.669. The van der Waals surface area contributed by atoms with Gasteiger partial charge in [0.25, 0.3) is 6.33 Å². The summed E-state index contributed by atoms with van der Waals surface area (Å²) >= 11 is 0. The Bertz CT molecular complexity index is 455. The highest BCUT2D eigenvalue weighted by Crippen LogP contribution is 2.44. The number of imidazole rings is 1. The van der Waals surface area contributed by atoms with Gasteiger partial charge < -0.3 is 28.9 Å². The number of hydrogen-bond acceptors (Lipinski definition) is 1. The van der Waals surface area contributed by atoms with Crippen molar-refractivity contribution in [2.45, 2.75) is 44.9 Å². The molecule has 1 aliphatic heterocycles. The monoisotopic (exact) mass is 389 g/mol. The van der Waals surface area contributed by atoms with Crippen molar-refractivity contribution in [3.05, 3.63) is 18.7 Å². The summed E-state index contributed by atoms with van der Waals surface area (Å²) in [5, 5.41) is 0. The molecule has 1 saturated carbocycles. The van der Waals surface area contributed by atoms with Crippen LogP contribution in [-0.4, -0.2) is 28.6 Å². The zero-order chi connectivity index (χ0) is 13.3. The first-order chi connectivity index (χ1) is 9.19. The summed E-state index contributed by atoms with van der Waals surface area (Å²) in [6.45, 7) is 1.86. The Labute approximate surface area is 138 Å². The number of carbonyl (C=O) groups excluding carboxylic acids is 1. The van der Waals surface area contributed by atoms with Crippen LogP contribution in [0.15, 0.2) is 18.7 Å². The van der Waals surface area contributed by atoms with E-state index in [0.717, 1.165) is 13.1 Å². The Kier molecular flexibility index (Phi) is 5.09. The standard InChI is InChI=1S/C15H24N3O.HI/c1-16-11-12-18(13-16)14(19)17-9-7-15(8-10-17)5-3-2-4-6-15;/h11-13H,2-10H2,1H3;1H/q+1;/p-1. The molecule has 1 aromatic heterocycles. The van der Waals surface area contributed by atoms with E-state index in [1.54, 1.807) is 4.57 Å². The predicted molar refractivity (Wildman–Crippen MR) is 72.7 cm³/mol. The Morgan fingerprint density at radius 2 is 1.75 bits per heavy atom. The summed E-state index contributed by atoms with van der Waals surface area (Å²) in [5.74, 6) is 0. The number of hydrogen-bond donors (Lipinski definition) is 0.